The fraction of sp³-hybridized carbons (Fsp3) is 0.0435. The number of rotatable bonds is 6. The van der Waals surface area contributed by atoms with E-state index in [4.69, 9.17) is 21.1 Å². The highest BCUT2D eigenvalue weighted by Gasteiger charge is 2.15. The fourth-order valence-electron chi connectivity index (χ4n) is 2.55. The molecule has 2 amide bonds. The maximum Gasteiger partial charge on any atom is 0.343 e. The molecule has 0 aliphatic rings. The van der Waals surface area contributed by atoms with Crippen LogP contribution in [0.15, 0.2) is 77.9 Å². The molecule has 0 unspecified atom stereocenters. The maximum absolute atomic E-state index is 12.1. The lowest BCUT2D eigenvalue weighted by Gasteiger charge is -2.08. The Hall–Kier alpha value is -4.17. The quantitative estimate of drug-likeness (QED) is 0.195. The average molecular weight is 452 g/mol. The van der Waals surface area contributed by atoms with Crippen molar-refractivity contribution in [1.82, 2.24) is 5.43 Å². The summed E-state index contributed by atoms with van der Waals surface area (Å²) >= 11 is 5.87. The van der Waals surface area contributed by atoms with Crippen molar-refractivity contribution < 1.29 is 23.9 Å². The van der Waals surface area contributed by atoms with Gasteiger partial charge in [0, 0.05) is 5.02 Å². The number of methoxy groups -OCH3 is 1. The summed E-state index contributed by atoms with van der Waals surface area (Å²) in [6.07, 6.45) is 1.34. The minimum atomic E-state index is -0.945. The zero-order valence-electron chi connectivity index (χ0n) is 16.9. The Balaban J connectivity index is 1.52. The van der Waals surface area contributed by atoms with Gasteiger partial charge in [-0.1, -0.05) is 29.8 Å². The van der Waals surface area contributed by atoms with Gasteiger partial charge in [0.25, 0.3) is 0 Å². The molecule has 0 aliphatic carbocycles. The molecule has 0 bridgehead atoms. The van der Waals surface area contributed by atoms with Gasteiger partial charge >= 0.3 is 17.8 Å². The zero-order valence-corrected chi connectivity index (χ0v) is 17.6. The Bertz CT molecular complexity index is 1160. The van der Waals surface area contributed by atoms with Crippen molar-refractivity contribution in [1.29, 1.82) is 0 Å². The first-order chi connectivity index (χ1) is 15.5. The van der Waals surface area contributed by atoms with E-state index in [0.717, 1.165) is 0 Å². The molecule has 0 atom stereocenters. The van der Waals surface area contributed by atoms with Gasteiger partial charge in [-0.25, -0.2) is 10.2 Å². The molecular weight excluding hydrogens is 434 g/mol. The largest absolute Gasteiger partial charge is 0.495 e. The van der Waals surface area contributed by atoms with Crippen molar-refractivity contribution >= 4 is 41.3 Å². The number of hydrazone groups is 1. The SMILES string of the molecule is COc1ccccc1NC(=O)C(=O)NN=Cc1ccc(OC(=O)c2cccc(Cl)c2)cc1. The highest BCUT2D eigenvalue weighted by molar-refractivity contribution is 6.39. The van der Waals surface area contributed by atoms with Crippen molar-refractivity contribution in [2.45, 2.75) is 0 Å². The number of halogens is 1. The Morgan fingerprint density at radius 1 is 0.938 bits per heavy atom. The normalized spacial score (nSPS) is 10.4. The molecule has 0 fully saturated rings. The highest BCUT2D eigenvalue weighted by Crippen LogP contribution is 2.22. The second kappa shape index (κ2) is 10.7. The first-order valence-corrected chi connectivity index (χ1v) is 9.69. The number of esters is 1. The van der Waals surface area contributed by atoms with Gasteiger partial charge in [-0.2, -0.15) is 5.10 Å². The number of ether oxygens (including phenoxy) is 2. The van der Waals surface area contributed by atoms with Crippen LogP contribution in [0.3, 0.4) is 0 Å². The average Bonchev–Trinajstić information content (AvgIpc) is 2.80. The van der Waals surface area contributed by atoms with Gasteiger partial charge in [-0.3, -0.25) is 9.59 Å². The lowest BCUT2D eigenvalue weighted by molar-refractivity contribution is -0.136. The van der Waals surface area contributed by atoms with Gasteiger partial charge in [0.1, 0.15) is 11.5 Å². The van der Waals surface area contributed by atoms with Gasteiger partial charge in [-0.05, 0) is 60.2 Å². The third-order valence-electron chi connectivity index (χ3n) is 4.09. The number of nitrogens with one attached hydrogen (secondary N) is 2. The van der Waals surface area contributed by atoms with E-state index in [1.807, 2.05) is 0 Å². The lowest BCUT2D eigenvalue weighted by atomic mass is 10.2. The van der Waals surface area contributed by atoms with E-state index in [0.29, 0.717) is 33.3 Å². The number of nitrogens with zero attached hydrogens (tertiary/aromatic N) is 1. The molecule has 3 aromatic rings. The molecule has 9 heteroatoms. The zero-order chi connectivity index (χ0) is 22.9. The molecule has 3 rings (SSSR count). The van der Waals surface area contributed by atoms with E-state index in [9.17, 15) is 14.4 Å². The Kier molecular flexibility index (Phi) is 7.55. The molecule has 3 aromatic carbocycles. The summed E-state index contributed by atoms with van der Waals surface area (Å²) in [5.74, 6) is -1.63. The smallest absolute Gasteiger partial charge is 0.343 e. The van der Waals surface area contributed by atoms with Crippen molar-refractivity contribution in [2.24, 2.45) is 5.10 Å². The number of anilines is 1. The monoisotopic (exact) mass is 451 g/mol. The molecule has 0 radical (unpaired) electrons. The van der Waals surface area contributed by atoms with Crippen LogP contribution in [0.1, 0.15) is 15.9 Å². The lowest BCUT2D eigenvalue weighted by Crippen LogP contribution is -2.32. The molecular formula is C23H18ClN3O5. The van der Waals surface area contributed by atoms with E-state index < -0.39 is 17.8 Å². The van der Waals surface area contributed by atoms with Gasteiger partial charge < -0.3 is 14.8 Å². The van der Waals surface area contributed by atoms with Crippen LogP contribution in [0.4, 0.5) is 5.69 Å². The van der Waals surface area contributed by atoms with Crippen molar-refractivity contribution in [3.8, 4) is 11.5 Å². The number of hydrogen-bond donors (Lipinski definition) is 2. The molecule has 2 N–H and O–H groups in total. The Morgan fingerprint density at radius 2 is 1.69 bits per heavy atom. The predicted molar refractivity (Wildman–Crippen MR) is 120 cm³/mol. The van der Waals surface area contributed by atoms with Gasteiger partial charge in [0.15, 0.2) is 0 Å². The highest BCUT2D eigenvalue weighted by atomic mass is 35.5. The van der Waals surface area contributed by atoms with Crippen LogP contribution in [0.2, 0.25) is 5.02 Å². The molecule has 8 nitrogen and oxygen atoms in total. The summed E-state index contributed by atoms with van der Waals surface area (Å²) in [5.41, 5.74) is 3.45. The summed E-state index contributed by atoms with van der Waals surface area (Å²) in [4.78, 5) is 36.1. The number of para-hydroxylation sites is 2. The van der Waals surface area contributed by atoms with E-state index in [1.165, 1.54) is 19.4 Å². The van der Waals surface area contributed by atoms with Crippen molar-refractivity contribution in [2.75, 3.05) is 12.4 Å². The Morgan fingerprint density at radius 3 is 2.41 bits per heavy atom. The van der Waals surface area contributed by atoms with E-state index >= 15 is 0 Å². The number of amides is 2. The van der Waals surface area contributed by atoms with Crippen LogP contribution in [0.25, 0.3) is 0 Å². The summed E-state index contributed by atoms with van der Waals surface area (Å²) in [5, 5.41) is 6.64. The molecule has 32 heavy (non-hydrogen) atoms. The molecule has 0 aliphatic heterocycles. The summed E-state index contributed by atoms with van der Waals surface area (Å²) in [6, 6.07) is 19.5. The van der Waals surface area contributed by atoms with E-state index in [2.05, 4.69) is 15.8 Å². The number of carbonyl (C=O) groups is 3. The number of hydrogen-bond acceptors (Lipinski definition) is 6. The first kappa shape index (κ1) is 22.5. The molecule has 162 valence electrons. The summed E-state index contributed by atoms with van der Waals surface area (Å²) < 4.78 is 10.4. The number of benzene rings is 3. The van der Waals surface area contributed by atoms with Crippen LogP contribution in [0, 0.1) is 0 Å². The number of carbonyl (C=O) groups excluding carboxylic acids is 3. The molecule has 0 aromatic heterocycles. The first-order valence-electron chi connectivity index (χ1n) is 9.31. The topological polar surface area (TPSA) is 106 Å². The van der Waals surface area contributed by atoms with Crippen LogP contribution >= 0.6 is 11.6 Å². The minimum absolute atomic E-state index is 0.326. The standard InChI is InChI=1S/C23H18ClN3O5/c1-31-20-8-3-2-7-19(20)26-21(28)22(29)27-25-14-15-9-11-18(12-10-15)32-23(30)16-5-4-6-17(24)13-16/h2-14H,1H3,(H,26,28)(H,27,29). The second-order valence-corrected chi connectivity index (χ2v) is 6.76. The van der Waals surface area contributed by atoms with Crippen molar-refractivity contribution in [3.63, 3.8) is 0 Å². The Labute approximate surface area is 188 Å². The van der Waals surface area contributed by atoms with E-state index in [-0.39, 0.29) is 0 Å². The molecule has 0 saturated heterocycles. The van der Waals surface area contributed by atoms with E-state index in [1.54, 1.807) is 66.7 Å². The maximum atomic E-state index is 12.1. The van der Waals surface area contributed by atoms with Gasteiger partial charge in [0.2, 0.25) is 0 Å². The van der Waals surface area contributed by atoms with Crippen LogP contribution in [0.5, 0.6) is 11.5 Å². The van der Waals surface area contributed by atoms with Crippen LogP contribution in [-0.2, 0) is 9.59 Å². The molecule has 0 heterocycles. The predicted octanol–water partition coefficient (Wildman–Crippen LogP) is 3.66. The van der Waals surface area contributed by atoms with Gasteiger partial charge in [0.05, 0.1) is 24.6 Å². The minimum Gasteiger partial charge on any atom is -0.495 e. The fourth-order valence-corrected chi connectivity index (χ4v) is 2.74. The molecule has 0 saturated carbocycles. The second-order valence-electron chi connectivity index (χ2n) is 6.32. The van der Waals surface area contributed by atoms with Crippen LogP contribution < -0.4 is 20.2 Å². The summed E-state index contributed by atoms with van der Waals surface area (Å²) in [6.45, 7) is 0. The van der Waals surface area contributed by atoms with Crippen LogP contribution in [-0.4, -0.2) is 31.1 Å². The van der Waals surface area contributed by atoms with Crippen molar-refractivity contribution in [3.05, 3.63) is 88.9 Å². The third-order valence-corrected chi connectivity index (χ3v) is 4.33. The molecule has 0 spiro atoms. The summed E-state index contributed by atoms with van der Waals surface area (Å²) in [7, 11) is 1.46. The third kappa shape index (κ3) is 6.16. The van der Waals surface area contributed by atoms with Gasteiger partial charge in [-0.15, -0.1) is 0 Å².